The Hall–Kier alpha value is -2.18. The van der Waals surface area contributed by atoms with Crippen molar-refractivity contribution < 1.29 is 14.3 Å². The summed E-state index contributed by atoms with van der Waals surface area (Å²) in [5, 5.41) is 5.18. The number of carbonyl (C=O) groups excluding carboxylic acids is 2. The molecule has 2 aliphatic heterocycles. The normalized spacial score (nSPS) is 23.8. The van der Waals surface area contributed by atoms with Crippen LogP contribution in [0.5, 0.6) is 0 Å². The molecule has 2 aromatic rings. The van der Waals surface area contributed by atoms with Gasteiger partial charge in [-0.1, -0.05) is 30.3 Å². The Kier molecular flexibility index (Phi) is 6.25. The predicted octanol–water partition coefficient (Wildman–Crippen LogP) is 3.88. The number of likely N-dealkylation sites (tertiary alicyclic amines) is 1. The summed E-state index contributed by atoms with van der Waals surface area (Å²) < 4.78 is 5.60. The van der Waals surface area contributed by atoms with Gasteiger partial charge in [0, 0.05) is 30.6 Å². The van der Waals surface area contributed by atoms with Crippen molar-refractivity contribution in [3.05, 3.63) is 47.3 Å². The van der Waals surface area contributed by atoms with E-state index in [1.165, 1.54) is 10.4 Å². The van der Waals surface area contributed by atoms with Crippen molar-refractivity contribution in [1.29, 1.82) is 0 Å². The molecule has 1 N–H and O–H groups in total. The van der Waals surface area contributed by atoms with Crippen LogP contribution in [0.15, 0.2) is 41.8 Å². The molecule has 30 heavy (non-hydrogen) atoms. The van der Waals surface area contributed by atoms with Crippen LogP contribution in [-0.2, 0) is 20.7 Å². The van der Waals surface area contributed by atoms with Gasteiger partial charge in [0.15, 0.2) is 0 Å². The van der Waals surface area contributed by atoms with Gasteiger partial charge in [0.25, 0.3) is 5.91 Å². The summed E-state index contributed by atoms with van der Waals surface area (Å²) in [6.45, 7) is 5.67. The summed E-state index contributed by atoms with van der Waals surface area (Å²) in [5.41, 5.74) is 1.72. The molecular weight excluding hydrogens is 396 g/mol. The molecule has 6 heteroatoms. The molecule has 1 aromatic heterocycles. The monoisotopic (exact) mass is 426 g/mol. The number of carbonyl (C=O) groups is 2. The van der Waals surface area contributed by atoms with Gasteiger partial charge in [-0.15, -0.1) is 11.3 Å². The fourth-order valence-corrected chi connectivity index (χ4v) is 5.22. The first-order chi connectivity index (χ1) is 14.5. The zero-order chi connectivity index (χ0) is 21.1. The smallest absolute Gasteiger partial charge is 0.251 e. The Morgan fingerprint density at radius 1 is 1.27 bits per heavy atom. The minimum absolute atomic E-state index is 0.0414. The van der Waals surface area contributed by atoms with Gasteiger partial charge < -0.3 is 15.0 Å². The lowest BCUT2D eigenvalue weighted by Crippen LogP contribution is -2.48. The van der Waals surface area contributed by atoms with Gasteiger partial charge in [0.05, 0.1) is 5.41 Å². The Morgan fingerprint density at radius 2 is 2.07 bits per heavy atom. The number of benzene rings is 1. The predicted molar refractivity (Wildman–Crippen MR) is 119 cm³/mol. The van der Waals surface area contributed by atoms with Crippen molar-refractivity contribution >= 4 is 23.2 Å². The fraction of sp³-hybridized carbons (Fsp3) is 0.500. The Morgan fingerprint density at radius 3 is 2.70 bits per heavy atom. The quantitative estimate of drug-likeness (QED) is 0.763. The van der Waals surface area contributed by atoms with Crippen molar-refractivity contribution in [1.82, 2.24) is 10.2 Å². The number of amides is 2. The van der Waals surface area contributed by atoms with E-state index in [9.17, 15) is 9.59 Å². The van der Waals surface area contributed by atoms with Gasteiger partial charge in [0.2, 0.25) is 5.91 Å². The van der Waals surface area contributed by atoms with Crippen LogP contribution >= 0.6 is 11.3 Å². The van der Waals surface area contributed by atoms with E-state index < -0.39 is 5.41 Å². The van der Waals surface area contributed by atoms with E-state index >= 15 is 0 Å². The van der Waals surface area contributed by atoms with Crippen molar-refractivity contribution in [2.24, 2.45) is 5.41 Å². The molecule has 0 aliphatic carbocycles. The van der Waals surface area contributed by atoms with E-state index in [1.54, 1.807) is 11.3 Å². The number of hydrogen-bond acceptors (Lipinski definition) is 4. The van der Waals surface area contributed by atoms with Crippen LogP contribution in [0.25, 0.3) is 10.4 Å². The maximum atomic E-state index is 13.2. The minimum Gasteiger partial charge on any atom is -0.368 e. The summed E-state index contributed by atoms with van der Waals surface area (Å²) in [6.07, 6.45) is 2.69. The van der Waals surface area contributed by atoms with Crippen molar-refractivity contribution in [3.63, 3.8) is 0 Å². The second-order valence-corrected chi connectivity index (χ2v) is 9.72. The van der Waals surface area contributed by atoms with E-state index in [0.717, 1.165) is 18.4 Å². The van der Waals surface area contributed by atoms with Crippen LogP contribution in [-0.4, -0.2) is 48.6 Å². The molecule has 2 atom stereocenters. The molecule has 0 radical (unpaired) electrons. The molecule has 2 saturated heterocycles. The molecule has 0 unspecified atom stereocenters. The lowest BCUT2D eigenvalue weighted by atomic mass is 9.79. The van der Waals surface area contributed by atoms with Gasteiger partial charge in [-0.25, -0.2) is 0 Å². The summed E-state index contributed by atoms with van der Waals surface area (Å²) in [7, 11) is 0. The van der Waals surface area contributed by atoms with Gasteiger partial charge in [-0.05, 0) is 62.1 Å². The number of thiophene rings is 1. The summed E-state index contributed by atoms with van der Waals surface area (Å²) in [6, 6.07) is 12.7. The lowest BCUT2D eigenvalue weighted by molar-refractivity contribution is -0.141. The Balaban J connectivity index is 1.53. The van der Waals surface area contributed by atoms with Crippen LogP contribution in [0.3, 0.4) is 0 Å². The highest BCUT2D eigenvalue weighted by molar-refractivity contribution is 7.13. The van der Waals surface area contributed by atoms with Crippen molar-refractivity contribution in [2.45, 2.75) is 51.7 Å². The average molecular weight is 427 g/mol. The van der Waals surface area contributed by atoms with Gasteiger partial charge in [-0.3, -0.25) is 9.59 Å². The molecule has 2 fully saturated rings. The molecule has 2 aliphatic rings. The number of nitrogens with one attached hydrogen (secondary N) is 1. The van der Waals surface area contributed by atoms with Gasteiger partial charge in [-0.2, -0.15) is 0 Å². The number of hydrogen-bond donors (Lipinski definition) is 1. The summed E-state index contributed by atoms with van der Waals surface area (Å²) in [4.78, 5) is 29.2. The highest BCUT2D eigenvalue weighted by Gasteiger charge is 2.47. The standard InChI is InChI=1S/C24H30N2O3S/c1-17(2)25-23(28)24(11-12-26(16-24)22(27)20-5-3-13-29-20)15-18-7-9-19(10-8-18)21-6-4-14-30-21/h4,6-10,14,17,20H,3,5,11-13,15-16H2,1-2H3,(H,25,28)/t20-,24+/m0/s1. The number of nitrogens with zero attached hydrogens (tertiary/aromatic N) is 1. The maximum Gasteiger partial charge on any atom is 0.251 e. The van der Waals surface area contributed by atoms with Crippen LogP contribution in [0.2, 0.25) is 0 Å². The van der Waals surface area contributed by atoms with Crippen LogP contribution in [0.4, 0.5) is 0 Å². The Labute approximate surface area is 182 Å². The van der Waals surface area contributed by atoms with Gasteiger partial charge >= 0.3 is 0 Å². The molecule has 0 bridgehead atoms. The molecule has 5 nitrogen and oxygen atoms in total. The van der Waals surface area contributed by atoms with Crippen molar-refractivity contribution in [2.75, 3.05) is 19.7 Å². The second-order valence-electron chi connectivity index (χ2n) is 8.77. The first-order valence-corrected chi connectivity index (χ1v) is 11.7. The van der Waals surface area contributed by atoms with E-state index in [0.29, 0.717) is 32.5 Å². The molecule has 160 valence electrons. The second kappa shape index (κ2) is 8.90. The fourth-order valence-electron chi connectivity index (χ4n) is 4.48. The topological polar surface area (TPSA) is 58.6 Å². The summed E-state index contributed by atoms with van der Waals surface area (Å²) in [5.74, 6) is 0.0854. The minimum atomic E-state index is -0.594. The third kappa shape index (κ3) is 4.44. The third-order valence-electron chi connectivity index (χ3n) is 6.07. The molecule has 0 saturated carbocycles. The van der Waals surface area contributed by atoms with Gasteiger partial charge in [0.1, 0.15) is 6.10 Å². The molecular formula is C24H30N2O3S. The van der Waals surface area contributed by atoms with Crippen LogP contribution in [0, 0.1) is 5.41 Å². The molecule has 0 spiro atoms. The highest BCUT2D eigenvalue weighted by Crippen LogP contribution is 2.36. The maximum absolute atomic E-state index is 13.2. The number of rotatable bonds is 6. The molecule has 4 rings (SSSR count). The average Bonchev–Trinajstić information content (AvgIpc) is 3.49. The summed E-state index contributed by atoms with van der Waals surface area (Å²) >= 11 is 1.72. The highest BCUT2D eigenvalue weighted by atomic mass is 32.1. The first-order valence-electron chi connectivity index (χ1n) is 10.8. The number of ether oxygens (including phenoxy) is 1. The first kappa shape index (κ1) is 21.1. The molecule has 3 heterocycles. The Bertz CT molecular complexity index is 872. The van der Waals surface area contributed by atoms with Crippen molar-refractivity contribution in [3.8, 4) is 10.4 Å². The van der Waals surface area contributed by atoms with E-state index in [2.05, 4.69) is 47.1 Å². The largest absolute Gasteiger partial charge is 0.368 e. The van der Waals surface area contributed by atoms with E-state index in [4.69, 9.17) is 4.74 Å². The SMILES string of the molecule is CC(C)NC(=O)[C@@]1(Cc2ccc(-c3cccs3)cc2)CCN(C(=O)[C@@H]2CCCO2)C1. The molecule has 1 aromatic carbocycles. The van der Waals surface area contributed by atoms with Crippen LogP contribution in [0.1, 0.15) is 38.7 Å². The van der Waals surface area contributed by atoms with Crippen LogP contribution < -0.4 is 5.32 Å². The zero-order valence-corrected chi connectivity index (χ0v) is 18.5. The van der Waals surface area contributed by atoms with E-state index in [1.807, 2.05) is 18.7 Å². The lowest BCUT2D eigenvalue weighted by Gasteiger charge is -2.30. The zero-order valence-electron chi connectivity index (χ0n) is 17.7. The van der Waals surface area contributed by atoms with E-state index in [-0.39, 0.29) is 24.0 Å². The molecule has 2 amide bonds. The third-order valence-corrected chi connectivity index (χ3v) is 6.99.